The van der Waals surface area contributed by atoms with Gasteiger partial charge in [0.15, 0.2) is 0 Å². The van der Waals surface area contributed by atoms with E-state index in [4.69, 9.17) is 28.7 Å². The number of primary amides is 1. The number of carbonyl (C=O) groups is 12. The van der Waals surface area contributed by atoms with Crippen molar-refractivity contribution in [2.24, 2.45) is 28.7 Å². The maximum Gasteiger partial charge on any atom is 0.243 e. The van der Waals surface area contributed by atoms with E-state index >= 15 is 38.4 Å². The molecule has 12 amide bonds. The number of amides is 12. The molecule has 0 radical (unpaired) electrons. The number of carbonyl (C=O) groups excluding carboxylic acids is 12. The van der Waals surface area contributed by atoms with Gasteiger partial charge in [0, 0.05) is 58.9 Å². The van der Waals surface area contributed by atoms with Crippen LogP contribution in [0.3, 0.4) is 0 Å². The monoisotopic (exact) mass is 1730 g/mol. The van der Waals surface area contributed by atoms with Gasteiger partial charge < -0.3 is 87.9 Å². The van der Waals surface area contributed by atoms with Crippen LogP contribution in [0.15, 0.2) is 243 Å². The molecule has 127 heavy (non-hydrogen) atoms. The fraction of sp³-hybridized carbons (Fsp3) is 0.388. The Balaban J connectivity index is 1.07. The Hall–Kier alpha value is -12.8. The predicted molar refractivity (Wildman–Crippen MR) is 489 cm³/mol. The molecule has 11 N–H and O–H groups in total. The molecule has 0 saturated carbocycles. The Morgan fingerprint density at radius 3 is 0.701 bits per heavy atom. The van der Waals surface area contributed by atoms with Crippen LogP contribution in [0.4, 0.5) is 0 Å². The summed E-state index contributed by atoms with van der Waals surface area (Å²) in [6, 6.07) is 71.0. The molecule has 0 bridgehead atoms. The van der Waals surface area contributed by atoms with E-state index in [0.717, 1.165) is 24.0 Å². The average molecular weight is 1740 g/mol. The summed E-state index contributed by atoms with van der Waals surface area (Å²) in [4.78, 5) is 194. The maximum absolute atomic E-state index is 15.6. The Morgan fingerprint density at radius 1 is 0.244 bits per heavy atom. The molecule has 2 atom stereocenters. The zero-order valence-corrected chi connectivity index (χ0v) is 73.5. The van der Waals surface area contributed by atoms with Crippen molar-refractivity contribution < 1.29 is 57.5 Å². The van der Waals surface area contributed by atoms with Crippen molar-refractivity contribution in [2.75, 3.05) is 131 Å². The number of unbranched alkanes of at least 4 members (excludes halogenated alkanes) is 4. The van der Waals surface area contributed by atoms with E-state index in [1.807, 2.05) is 85.8 Å². The minimum absolute atomic E-state index is 0.0116. The number of nitrogens with zero attached hydrogens (tertiary/aromatic N) is 11. The van der Waals surface area contributed by atoms with Gasteiger partial charge in [-0.1, -0.05) is 243 Å². The zero-order valence-electron chi connectivity index (χ0n) is 73.5. The molecule has 0 spiro atoms. The number of hydrogen-bond donors (Lipinski definition) is 6. The minimum Gasteiger partial charge on any atom is -0.368 e. The molecule has 676 valence electrons. The highest BCUT2D eigenvalue weighted by molar-refractivity contribution is 5.95. The molecule has 8 aromatic rings. The van der Waals surface area contributed by atoms with Crippen molar-refractivity contribution >= 4 is 70.9 Å². The third-order valence-electron chi connectivity index (χ3n) is 21.9. The van der Waals surface area contributed by atoms with Crippen LogP contribution in [0.25, 0.3) is 0 Å². The largest absolute Gasteiger partial charge is 0.368 e. The summed E-state index contributed by atoms with van der Waals surface area (Å²) in [6.45, 7) is -0.859. The van der Waals surface area contributed by atoms with E-state index in [-0.39, 0.29) is 91.0 Å². The Labute approximate surface area is 747 Å². The Morgan fingerprint density at radius 2 is 0.449 bits per heavy atom. The van der Waals surface area contributed by atoms with E-state index in [1.54, 1.807) is 171 Å². The fourth-order valence-corrected chi connectivity index (χ4v) is 14.6. The number of nitrogens with two attached hydrogens (primary N) is 5. The minimum atomic E-state index is -0.757. The molecule has 0 aliphatic rings. The lowest BCUT2D eigenvalue weighted by Gasteiger charge is -2.36. The van der Waals surface area contributed by atoms with Crippen molar-refractivity contribution in [3.63, 3.8) is 0 Å². The molecule has 0 fully saturated rings. The Kier molecular flexibility index (Phi) is 43.0. The van der Waals surface area contributed by atoms with Crippen LogP contribution in [0.1, 0.15) is 122 Å². The quantitative estimate of drug-likeness (QED) is 0.0212. The van der Waals surface area contributed by atoms with Crippen LogP contribution in [0, 0.1) is 0 Å². The first-order chi connectivity index (χ1) is 61.5. The van der Waals surface area contributed by atoms with Gasteiger partial charge in [0.2, 0.25) is 70.9 Å². The second kappa shape index (κ2) is 54.8. The van der Waals surface area contributed by atoms with E-state index < -0.39 is 149 Å². The summed E-state index contributed by atoms with van der Waals surface area (Å²) in [7, 11) is 0. The molecule has 29 nitrogen and oxygen atoms in total. The highest BCUT2D eigenvalue weighted by Crippen LogP contribution is 2.26. The van der Waals surface area contributed by atoms with Crippen LogP contribution in [-0.4, -0.2) is 256 Å². The van der Waals surface area contributed by atoms with Crippen LogP contribution in [0.2, 0.25) is 0 Å². The van der Waals surface area contributed by atoms with Gasteiger partial charge in [-0.25, -0.2) is 0 Å². The number of hydrogen-bond acceptors (Lipinski definition) is 17. The van der Waals surface area contributed by atoms with Gasteiger partial charge in [-0.15, -0.1) is 0 Å². The number of benzene rings is 8. The van der Waals surface area contributed by atoms with Gasteiger partial charge in [0.1, 0.15) is 45.8 Å². The summed E-state index contributed by atoms with van der Waals surface area (Å²) >= 11 is 0. The average Bonchev–Trinajstić information content (AvgIpc) is 0.825. The highest BCUT2D eigenvalue weighted by Gasteiger charge is 2.36. The second-order valence-corrected chi connectivity index (χ2v) is 31.7. The summed E-state index contributed by atoms with van der Waals surface area (Å²) < 4.78 is 0. The highest BCUT2D eigenvalue weighted by atomic mass is 16.2. The van der Waals surface area contributed by atoms with Crippen molar-refractivity contribution in [2.45, 2.75) is 117 Å². The predicted octanol–water partition coefficient (Wildman–Crippen LogP) is 6.86. The molecule has 8 aromatic carbocycles. The first kappa shape index (κ1) is 99.6. The van der Waals surface area contributed by atoms with Crippen LogP contribution in [0.5, 0.6) is 0 Å². The van der Waals surface area contributed by atoms with Gasteiger partial charge in [0.25, 0.3) is 0 Å². The molecule has 8 rings (SSSR count). The van der Waals surface area contributed by atoms with Gasteiger partial charge in [-0.2, -0.15) is 0 Å². The standard InChI is InChI=1S/C98H127N17O12/c1-77(85-47-23-9-24-48-85)114(88(117)59-104-55-31-27-51-99)76-98(127)115(78(2)86-49-25-10-26-50-86)75-97(126)107(58-34-30-54-102)69-93(122)113(65-84-45-21-8-22-46-84)74-96(125)110(62-81-39-15-5-16-40-81)71-90(119)106(57-33-29-53-101)68-92(121)112(64-83-43-19-7-20-44-83)73-95(124)109(61-80-37-13-4-14-38-80)70-89(118)105(56-32-28-52-100)67-91(120)111(63-82-41-17-6-18-42-82)72-94(123)108(66-87(103)116)60-79-35-11-3-12-36-79/h3-26,35-50,77-78,104H,27-34,51-76,99-102H2,1-2H3,(H2,103,116)/t77-,78-/m0/s1. The summed E-state index contributed by atoms with van der Waals surface area (Å²) in [5.74, 6) is -7.26. The molecule has 0 unspecified atom stereocenters. The van der Waals surface area contributed by atoms with Crippen molar-refractivity contribution in [3.05, 3.63) is 287 Å². The van der Waals surface area contributed by atoms with Gasteiger partial charge in [0.05, 0.1) is 44.8 Å². The van der Waals surface area contributed by atoms with Crippen LogP contribution < -0.4 is 34.0 Å². The Bertz CT molecular complexity index is 4710. The number of nitrogens with one attached hydrogen (secondary N) is 1. The third-order valence-corrected chi connectivity index (χ3v) is 21.9. The van der Waals surface area contributed by atoms with Crippen molar-refractivity contribution in [3.8, 4) is 0 Å². The fourth-order valence-electron chi connectivity index (χ4n) is 14.6. The molecule has 0 aliphatic carbocycles. The van der Waals surface area contributed by atoms with Crippen LogP contribution >= 0.6 is 0 Å². The summed E-state index contributed by atoms with van der Waals surface area (Å²) in [5, 5.41) is 3.21. The zero-order chi connectivity index (χ0) is 91.1. The van der Waals surface area contributed by atoms with E-state index in [0.29, 0.717) is 85.0 Å². The lowest BCUT2D eigenvalue weighted by molar-refractivity contribution is -0.150. The summed E-state index contributed by atoms with van der Waals surface area (Å²) in [5.41, 5.74) is 35.0. The van der Waals surface area contributed by atoms with Gasteiger partial charge >= 0.3 is 0 Å². The van der Waals surface area contributed by atoms with E-state index in [1.165, 1.54) is 53.9 Å². The topological polar surface area (TPSA) is 383 Å². The second-order valence-electron chi connectivity index (χ2n) is 31.7. The van der Waals surface area contributed by atoms with Crippen LogP contribution in [-0.2, 0) is 96.8 Å². The van der Waals surface area contributed by atoms with E-state index in [9.17, 15) is 19.2 Å². The van der Waals surface area contributed by atoms with Gasteiger partial charge in [-0.05, 0) is 142 Å². The lowest BCUT2D eigenvalue weighted by atomic mass is 10.1. The molecule has 0 saturated heterocycles. The smallest absolute Gasteiger partial charge is 0.243 e. The lowest BCUT2D eigenvalue weighted by Crippen LogP contribution is -2.52. The third kappa shape index (κ3) is 34.6. The van der Waals surface area contributed by atoms with Crippen molar-refractivity contribution in [1.82, 2.24) is 59.2 Å². The number of rotatable bonds is 56. The molecule has 29 heteroatoms. The van der Waals surface area contributed by atoms with E-state index in [2.05, 4.69) is 5.32 Å². The first-order valence-corrected chi connectivity index (χ1v) is 43.8. The first-order valence-electron chi connectivity index (χ1n) is 43.8. The normalized spacial score (nSPS) is 11.4. The molecule has 0 heterocycles. The molecule has 0 aromatic heterocycles. The molecular weight excluding hydrogens is 1610 g/mol. The SMILES string of the molecule is C[C@@H](c1ccccc1)N(CC(=O)N(CCCCN)CC(=O)N(CC(=O)N(CC(=O)N(CCCCN)CC(=O)N(CC(=O)N(CC(=O)N(CCCCN)CC(=O)N(CC(=O)N(CC(N)=O)Cc1ccccc1)Cc1ccccc1)Cc1ccccc1)Cc1ccccc1)Cc1ccccc1)Cc1ccccc1)C(=O)CN(C(=O)CNCCCCN)[C@@H](C)c1ccccc1. The van der Waals surface area contributed by atoms with Gasteiger partial charge in [-0.3, -0.25) is 57.5 Å². The summed E-state index contributed by atoms with van der Waals surface area (Å²) in [6.07, 6.45) is 3.96. The molecular formula is C98H127N17O12. The van der Waals surface area contributed by atoms with Crippen molar-refractivity contribution in [1.29, 1.82) is 0 Å². The maximum atomic E-state index is 15.6. The molecule has 0 aliphatic heterocycles.